The smallest absolute Gasteiger partial charge is 0.145 e. The fourth-order valence-corrected chi connectivity index (χ4v) is 2.03. The molecule has 0 rings (SSSR count). The van der Waals surface area contributed by atoms with Gasteiger partial charge in [-0.05, 0) is 0 Å². The molecular formula is C33H60HoO6. The van der Waals surface area contributed by atoms with Gasteiger partial charge in [-0.3, -0.25) is 28.8 Å². The SMILES string of the molecule is CC(C)(C)C(=O)CC(=O)C(C)(C)C.CC(C)(C)C(=O)CC(=O)C(C)(C)C.CC(C)(C)C(=O)CC(=O)C(C)(C)C.[Ho]. The fourth-order valence-electron chi connectivity index (χ4n) is 2.03. The molecule has 0 fully saturated rings. The number of rotatable bonds is 6. The van der Waals surface area contributed by atoms with E-state index in [1.54, 1.807) is 0 Å². The van der Waals surface area contributed by atoms with Gasteiger partial charge in [-0.1, -0.05) is 125 Å². The molecule has 0 aliphatic carbocycles. The number of ketones is 6. The maximum Gasteiger partial charge on any atom is 0.145 e. The zero-order valence-corrected chi connectivity index (χ0v) is 30.8. The van der Waals surface area contributed by atoms with Crippen molar-refractivity contribution in [1.29, 1.82) is 0 Å². The Labute approximate surface area is 276 Å². The molecule has 7 heteroatoms. The van der Waals surface area contributed by atoms with Gasteiger partial charge in [0, 0.05) is 70.2 Å². The van der Waals surface area contributed by atoms with Crippen LogP contribution in [0.25, 0.3) is 0 Å². The minimum absolute atomic E-state index is 0. The Morgan fingerprint density at radius 2 is 0.350 bits per heavy atom. The standard InChI is InChI=1S/3C11H20O2.Ho/c3*1-10(2,3)8(12)7-9(13)11(4,5)6;/h3*7H2,1-6H3;. The number of carbonyl (C=O) groups is 6. The monoisotopic (exact) mass is 717 g/mol. The summed E-state index contributed by atoms with van der Waals surface area (Å²) in [6, 6.07) is 0. The molecule has 239 valence electrons. The third-order valence-electron chi connectivity index (χ3n) is 5.98. The Morgan fingerprint density at radius 3 is 0.400 bits per heavy atom. The molecule has 1 radical (unpaired) electrons. The molecule has 0 heterocycles. The molecule has 0 unspecified atom stereocenters. The minimum atomic E-state index is -0.402. The van der Waals surface area contributed by atoms with Crippen molar-refractivity contribution in [3.63, 3.8) is 0 Å². The van der Waals surface area contributed by atoms with E-state index < -0.39 is 32.5 Å². The van der Waals surface area contributed by atoms with Crippen LogP contribution in [0.4, 0.5) is 0 Å². The Hall–Kier alpha value is -0.720. The van der Waals surface area contributed by atoms with Gasteiger partial charge < -0.3 is 0 Å². The van der Waals surface area contributed by atoms with Crippen LogP contribution in [0.15, 0.2) is 0 Å². The fraction of sp³-hybridized carbons (Fsp3) is 0.818. The van der Waals surface area contributed by atoms with Gasteiger partial charge in [0.2, 0.25) is 0 Å². The van der Waals surface area contributed by atoms with Gasteiger partial charge in [-0.25, -0.2) is 0 Å². The van der Waals surface area contributed by atoms with Crippen molar-refractivity contribution in [1.82, 2.24) is 0 Å². The molecule has 0 saturated heterocycles. The Kier molecular flexibility index (Phi) is 19.4. The molecule has 6 nitrogen and oxygen atoms in total. The van der Waals surface area contributed by atoms with Crippen molar-refractivity contribution >= 4 is 34.7 Å². The Balaban J connectivity index is -0.000000240. The quantitative estimate of drug-likeness (QED) is 0.205. The van der Waals surface area contributed by atoms with Crippen molar-refractivity contribution in [3.05, 3.63) is 0 Å². The third-order valence-corrected chi connectivity index (χ3v) is 5.98. The number of Topliss-reactive ketones (excluding diaryl/α,β-unsaturated/α-hetero) is 6. The van der Waals surface area contributed by atoms with Crippen molar-refractivity contribution in [2.45, 2.75) is 144 Å². The van der Waals surface area contributed by atoms with Gasteiger partial charge in [-0.15, -0.1) is 0 Å². The van der Waals surface area contributed by atoms with Crippen LogP contribution in [0.3, 0.4) is 0 Å². The zero-order valence-electron chi connectivity index (χ0n) is 28.9. The van der Waals surface area contributed by atoms with Crippen LogP contribution in [0.5, 0.6) is 0 Å². The summed E-state index contributed by atoms with van der Waals surface area (Å²) in [5, 5.41) is 0. The van der Waals surface area contributed by atoms with Gasteiger partial charge in [0.1, 0.15) is 34.7 Å². The van der Waals surface area contributed by atoms with E-state index in [2.05, 4.69) is 0 Å². The van der Waals surface area contributed by atoms with Crippen molar-refractivity contribution in [2.75, 3.05) is 0 Å². The van der Waals surface area contributed by atoms with E-state index in [1.165, 1.54) is 0 Å². The van der Waals surface area contributed by atoms with Crippen LogP contribution >= 0.6 is 0 Å². The van der Waals surface area contributed by atoms with E-state index in [0.717, 1.165) is 0 Å². The predicted octanol–water partition coefficient (Wildman–Crippen LogP) is 7.82. The molecule has 0 aliphatic rings. The molecule has 0 amide bonds. The predicted molar refractivity (Wildman–Crippen MR) is 161 cm³/mol. The minimum Gasteiger partial charge on any atom is -0.299 e. The number of hydrogen-bond donors (Lipinski definition) is 0. The first-order valence-corrected chi connectivity index (χ1v) is 13.8. The van der Waals surface area contributed by atoms with Crippen molar-refractivity contribution in [2.24, 2.45) is 32.5 Å². The first-order valence-electron chi connectivity index (χ1n) is 13.8. The second-order valence-electron chi connectivity index (χ2n) is 16.6. The van der Waals surface area contributed by atoms with Gasteiger partial charge in [0.05, 0.1) is 19.3 Å². The first kappa shape index (κ1) is 46.2. The molecule has 0 spiro atoms. The van der Waals surface area contributed by atoms with E-state index >= 15 is 0 Å². The third kappa shape index (κ3) is 22.0. The summed E-state index contributed by atoms with van der Waals surface area (Å²) in [6.07, 6.45) is 0.187. The first-order chi connectivity index (χ1) is 16.6. The van der Waals surface area contributed by atoms with Crippen molar-refractivity contribution < 1.29 is 66.5 Å². The second kappa shape index (κ2) is 16.8. The molecule has 0 aromatic heterocycles. The largest absolute Gasteiger partial charge is 0.299 e. The Morgan fingerprint density at radius 1 is 0.275 bits per heavy atom. The van der Waals surface area contributed by atoms with Crippen LogP contribution < -0.4 is 0 Å². The topological polar surface area (TPSA) is 102 Å². The maximum absolute atomic E-state index is 11.5. The van der Waals surface area contributed by atoms with Crippen LogP contribution in [0.1, 0.15) is 144 Å². The summed E-state index contributed by atoms with van der Waals surface area (Å²) in [5.41, 5.74) is -2.41. The van der Waals surface area contributed by atoms with E-state index in [9.17, 15) is 28.8 Å². The van der Waals surface area contributed by atoms with Crippen LogP contribution in [-0.2, 0) is 28.8 Å². The van der Waals surface area contributed by atoms with E-state index in [1.807, 2.05) is 125 Å². The van der Waals surface area contributed by atoms with E-state index in [4.69, 9.17) is 0 Å². The number of hydrogen-bond acceptors (Lipinski definition) is 6. The molecule has 0 bridgehead atoms. The molecule has 0 aromatic carbocycles. The second-order valence-corrected chi connectivity index (χ2v) is 16.6. The summed E-state index contributed by atoms with van der Waals surface area (Å²) in [5.74, 6) is 0.125. The van der Waals surface area contributed by atoms with Crippen molar-refractivity contribution in [3.8, 4) is 0 Å². The van der Waals surface area contributed by atoms with Gasteiger partial charge in [0.15, 0.2) is 0 Å². The maximum atomic E-state index is 11.5. The van der Waals surface area contributed by atoms with E-state index in [-0.39, 0.29) is 91.7 Å². The average Bonchev–Trinajstić information content (AvgIpc) is 2.64. The molecule has 0 aromatic rings. The molecule has 0 N–H and O–H groups in total. The van der Waals surface area contributed by atoms with Gasteiger partial charge in [0.25, 0.3) is 0 Å². The normalized spacial score (nSPS) is 12.4. The summed E-state index contributed by atoms with van der Waals surface area (Å²) in [6.45, 7) is 33.1. The van der Waals surface area contributed by atoms with Crippen LogP contribution in [0.2, 0.25) is 0 Å². The van der Waals surface area contributed by atoms with Gasteiger partial charge >= 0.3 is 0 Å². The van der Waals surface area contributed by atoms with Crippen LogP contribution in [-0.4, -0.2) is 34.7 Å². The Bertz CT molecular complexity index is 693. The molecule has 0 saturated carbocycles. The molecule has 40 heavy (non-hydrogen) atoms. The van der Waals surface area contributed by atoms with E-state index in [0.29, 0.717) is 0 Å². The summed E-state index contributed by atoms with van der Waals surface area (Å²) in [4.78, 5) is 69.0. The number of carbonyl (C=O) groups excluding carboxylic acids is 6. The average molecular weight is 718 g/mol. The summed E-state index contributed by atoms with van der Waals surface area (Å²) >= 11 is 0. The van der Waals surface area contributed by atoms with Gasteiger partial charge in [-0.2, -0.15) is 0 Å². The van der Waals surface area contributed by atoms with Crippen LogP contribution in [0, 0.1) is 70.2 Å². The zero-order chi connectivity index (χ0) is 32.6. The molecular weight excluding hydrogens is 657 g/mol. The summed E-state index contributed by atoms with van der Waals surface area (Å²) < 4.78 is 0. The molecule has 0 aliphatic heterocycles. The summed E-state index contributed by atoms with van der Waals surface area (Å²) in [7, 11) is 0. The molecule has 0 atom stereocenters.